The fraction of sp³-hybridized carbons (Fsp3) is 0.316. The number of aryl methyl sites for hydroxylation is 1. The van der Waals surface area contributed by atoms with Crippen molar-refractivity contribution in [2.24, 2.45) is 0 Å². The van der Waals surface area contributed by atoms with Gasteiger partial charge in [-0.3, -0.25) is 4.79 Å². The first-order valence-electron chi connectivity index (χ1n) is 7.94. The summed E-state index contributed by atoms with van der Waals surface area (Å²) in [6.45, 7) is 4.33. The normalized spacial score (nSPS) is 10.4. The van der Waals surface area contributed by atoms with E-state index in [-0.39, 0.29) is 5.91 Å². The van der Waals surface area contributed by atoms with E-state index in [0.717, 1.165) is 37.8 Å². The highest BCUT2D eigenvalue weighted by atomic mass is 79.9. The number of nitrogens with one attached hydrogen (secondary N) is 1. The lowest BCUT2D eigenvalue weighted by molar-refractivity contribution is -0.116. The molecule has 6 heteroatoms. The minimum absolute atomic E-state index is 0.0451. The summed E-state index contributed by atoms with van der Waals surface area (Å²) in [5.74, 6) is 1.46. The van der Waals surface area contributed by atoms with Gasteiger partial charge in [0.25, 0.3) is 0 Å². The van der Waals surface area contributed by atoms with Gasteiger partial charge in [-0.05, 0) is 77.7 Å². The fourth-order valence-corrected chi connectivity index (χ4v) is 3.01. The van der Waals surface area contributed by atoms with Crippen LogP contribution in [0.2, 0.25) is 5.02 Å². The summed E-state index contributed by atoms with van der Waals surface area (Å²) in [5.41, 5.74) is 2.67. The molecule has 0 atom stereocenters. The standard InChI is InChI=1S/C19H21BrClNO3/c1-12-11-16(18(20)13(2)19(12)21)25-10-4-5-17(23)22-14-6-8-15(24-3)9-7-14/h6-9,11H,4-5,10H2,1-3H3,(H,22,23). The predicted octanol–water partition coefficient (Wildman–Crippen LogP) is 5.53. The Labute approximate surface area is 161 Å². The molecule has 0 bridgehead atoms. The second kappa shape index (κ2) is 9.11. The highest BCUT2D eigenvalue weighted by Crippen LogP contribution is 2.35. The van der Waals surface area contributed by atoms with Gasteiger partial charge < -0.3 is 14.8 Å². The molecule has 0 saturated heterocycles. The fourth-order valence-electron chi connectivity index (χ4n) is 2.32. The molecular weight excluding hydrogens is 406 g/mol. The van der Waals surface area contributed by atoms with Gasteiger partial charge in [0, 0.05) is 17.1 Å². The number of carbonyl (C=O) groups is 1. The van der Waals surface area contributed by atoms with E-state index in [1.807, 2.05) is 32.0 Å². The minimum Gasteiger partial charge on any atom is -0.497 e. The van der Waals surface area contributed by atoms with Gasteiger partial charge >= 0.3 is 0 Å². The molecule has 1 amide bonds. The molecule has 0 aliphatic carbocycles. The van der Waals surface area contributed by atoms with Gasteiger partial charge in [-0.2, -0.15) is 0 Å². The monoisotopic (exact) mass is 425 g/mol. The van der Waals surface area contributed by atoms with Gasteiger partial charge in [-0.1, -0.05) is 11.6 Å². The first-order valence-corrected chi connectivity index (χ1v) is 9.11. The van der Waals surface area contributed by atoms with Crippen LogP contribution >= 0.6 is 27.5 Å². The van der Waals surface area contributed by atoms with Gasteiger partial charge in [-0.25, -0.2) is 0 Å². The van der Waals surface area contributed by atoms with E-state index in [9.17, 15) is 4.79 Å². The number of benzene rings is 2. The number of methoxy groups -OCH3 is 1. The van der Waals surface area contributed by atoms with Crippen molar-refractivity contribution >= 4 is 39.1 Å². The average Bonchev–Trinajstić information content (AvgIpc) is 2.61. The molecule has 134 valence electrons. The number of rotatable bonds is 7. The van der Waals surface area contributed by atoms with Gasteiger partial charge in [0.05, 0.1) is 18.2 Å². The highest BCUT2D eigenvalue weighted by molar-refractivity contribution is 9.10. The SMILES string of the molecule is COc1ccc(NC(=O)CCCOc2cc(C)c(Cl)c(C)c2Br)cc1. The Kier molecular flexibility index (Phi) is 7.14. The van der Waals surface area contributed by atoms with E-state index in [1.165, 1.54) is 0 Å². The van der Waals surface area contributed by atoms with E-state index in [2.05, 4.69) is 21.2 Å². The Morgan fingerprint density at radius 1 is 1.24 bits per heavy atom. The van der Waals surface area contributed by atoms with Gasteiger partial charge in [0.1, 0.15) is 11.5 Å². The van der Waals surface area contributed by atoms with E-state index >= 15 is 0 Å². The molecule has 1 N–H and O–H groups in total. The summed E-state index contributed by atoms with van der Waals surface area (Å²) in [7, 11) is 1.61. The molecule has 4 nitrogen and oxygen atoms in total. The van der Waals surface area contributed by atoms with Gasteiger partial charge in [0.2, 0.25) is 5.91 Å². The zero-order valence-electron chi connectivity index (χ0n) is 14.5. The Morgan fingerprint density at radius 3 is 2.56 bits per heavy atom. The van der Waals surface area contributed by atoms with Crippen LogP contribution in [0, 0.1) is 13.8 Å². The summed E-state index contributed by atoms with van der Waals surface area (Å²) in [5, 5.41) is 3.59. The van der Waals surface area contributed by atoms with Crippen LogP contribution in [-0.2, 0) is 4.79 Å². The molecule has 0 aliphatic rings. The number of anilines is 1. The number of carbonyl (C=O) groups excluding carboxylic acids is 1. The topological polar surface area (TPSA) is 47.6 Å². The van der Waals surface area contributed by atoms with Gasteiger partial charge in [-0.15, -0.1) is 0 Å². The number of amides is 1. The Balaban J connectivity index is 1.80. The van der Waals surface area contributed by atoms with Crippen molar-refractivity contribution in [2.45, 2.75) is 26.7 Å². The van der Waals surface area contributed by atoms with Crippen molar-refractivity contribution in [3.8, 4) is 11.5 Å². The minimum atomic E-state index is -0.0451. The maximum absolute atomic E-state index is 12.0. The lowest BCUT2D eigenvalue weighted by atomic mass is 10.1. The van der Waals surface area contributed by atoms with Crippen molar-refractivity contribution in [3.63, 3.8) is 0 Å². The zero-order valence-corrected chi connectivity index (χ0v) is 16.8. The van der Waals surface area contributed by atoms with Crippen LogP contribution in [0.25, 0.3) is 0 Å². The molecule has 0 radical (unpaired) electrons. The smallest absolute Gasteiger partial charge is 0.224 e. The Hall–Kier alpha value is -1.72. The van der Waals surface area contributed by atoms with Crippen molar-refractivity contribution in [2.75, 3.05) is 19.0 Å². The predicted molar refractivity (Wildman–Crippen MR) is 105 cm³/mol. The van der Waals surface area contributed by atoms with Crippen LogP contribution in [0.15, 0.2) is 34.8 Å². The molecule has 0 aliphatic heterocycles. The molecule has 25 heavy (non-hydrogen) atoms. The van der Waals surface area contributed by atoms with Crippen LogP contribution in [0.4, 0.5) is 5.69 Å². The largest absolute Gasteiger partial charge is 0.497 e. The lowest BCUT2D eigenvalue weighted by Crippen LogP contribution is -2.12. The van der Waals surface area contributed by atoms with Crippen LogP contribution in [0.5, 0.6) is 11.5 Å². The summed E-state index contributed by atoms with van der Waals surface area (Å²) in [6, 6.07) is 9.13. The second-order valence-electron chi connectivity index (χ2n) is 5.67. The number of hydrogen-bond donors (Lipinski definition) is 1. The number of ether oxygens (including phenoxy) is 2. The van der Waals surface area contributed by atoms with E-state index in [1.54, 1.807) is 19.2 Å². The van der Waals surface area contributed by atoms with E-state index in [4.69, 9.17) is 21.1 Å². The quantitative estimate of drug-likeness (QED) is 0.593. The molecule has 0 spiro atoms. The maximum atomic E-state index is 12.0. The van der Waals surface area contributed by atoms with Crippen LogP contribution in [0.3, 0.4) is 0 Å². The van der Waals surface area contributed by atoms with Crippen molar-refractivity contribution in [1.82, 2.24) is 0 Å². The average molecular weight is 427 g/mol. The first-order chi connectivity index (χ1) is 11.9. The summed E-state index contributed by atoms with van der Waals surface area (Å²) in [4.78, 5) is 12.0. The van der Waals surface area contributed by atoms with E-state index < -0.39 is 0 Å². The van der Waals surface area contributed by atoms with Crippen molar-refractivity contribution in [3.05, 3.63) is 51.0 Å². The third-order valence-corrected chi connectivity index (χ3v) is 5.32. The molecule has 2 rings (SSSR count). The Bertz CT molecular complexity index is 747. The summed E-state index contributed by atoms with van der Waals surface area (Å²) in [6.07, 6.45) is 1.00. The van der Waals surface area contributed by atoms with Crippen LogP contribution in [-0.4, -0.2) is 19.6 Å². The molecular formula is C19H21BrClNO3. The third kappa shape index (κ3) is 5.38. The molecule has 2 aromatic carbocycles. The summed E-state index contributed by atoms with van der Waals surface area (Å²) < 4.78 is 11.7. The molecule has 0 fully saturated rings. The third-order valence-electron chi connectivity index (χ3n) is 3.75. The molecule has 0 unspecified atom stereocenters. The van der Waals surface area contributed by atoms with Crippen LogP contribution in [0.1, 0.15) is 24.0 Å². The molecule has 0 aromatic heterocycles. The Morgan fingerprint density at radius 2 is 1.92 bits per heavy atom. The molecule has 0 heterocycles. The zero-order chi connectivity index (χ0) is 18.4. The van der Waals surface area contributed by atoms with Crippen LogP contribution < -0.4 is 14.8 Å². The van der Waals surface area contributed by atoms with Crippen molar-refractivity contribution in [1.29, 1.82) is 0 Å². The molecule has 0 saturated carbocycles. The lowest BCUT2D eigenvalue weighted by Gasteiger charge is -2.13. The van der Waals surface area contributed by atoms with E-state index in [0.29, 0.717) is 19.4 Å². The van der Waals surface area contributed by atoms with Gasteiger partial charge in [0.15, 0.2) is 0 Å². The highest BCUT2D eigenvalue weighted by Gasteiger charge is 2.11. The molecule has 2 aromatic rings. The van der Waals surface area contributed by atoms with Crippen molar-refractivity contribution < 1.29 is 14.3 Å². The second-order valence-corrected chi connectivity index (χ2v) is 6.84. The maximum Gasteiger partial charge on any atom is 0.224 e. The number of hydrogen-bond acceptors (Lipinski definition) is 3. The first kappa shape index (κ1) is 19.6. The number of halogens is 2. The summed E-state index contributed by atoms with van der Waals surface area (Å²) >= 11 is 9.71.